The van der Waals surface area contributed by atoms with E-state index in [1.807, 2.05) is 18.4 Å². The first-order valence-corrected chi connectivity index (χ1v) is 9.32. The highest BCUT2D eigenvalue weighted by Gasteiger charge is 2.21. The zero-order valence-corrected chi connectivity index (χ0v) is 14.9. The van der Waals surface area contributed by atoms with Gasteiger partial charge in [-0.3, -0.25) is 10.1 Å². The van der Waals surface area contributed by atoms with Gasteiger partial charge < -0.3 is 9.64 Å². The molecule has 0 bridgehead atoms. The van der Waals surface area contributed by atoms with E-state index >= 15 is 0 Å². The lowest BCUT2D eigenvalue weighted by molar-refractivity contribution is -0.384. The number of nitro groups is 1. The average molecular weight is 368 g/mol. The number of nitrogens with zero attached hydrogens (tertiary/aromatic N) is 4. The second kappa shape index (κ2) is 6.80. The molecule has 0 amide bonds. The van der Waals surface area contributed by atoms with Crippen LogP contribution in [-0.4, -0.2) is 34.3 Å². The predicted octanol–water partition coefficient (Wildman–Crippen LogP) is 3.66. The van der Waals surface area contributed by atoms with Gasteiger partial charge in [0.05, 0.1) is 17.0 Å². The monoisotopic (exact) mass is 368 g/mol. The Bertz CT molecular complexity index is 995. The van der Waals surface area contributed by atoms with Crippen molar-refractivity contribution in [1.29, 1.82) is 0 Å². The van der Waals surface area contributed by atoms with Crippen LogP contribution in [0.2, 0.25) is 0 Å². The van der Waals surface area contributed by atoms with Crippen molar-refractivity contribution in [2.24, 2.45) is 0 Å². The fourth-order valence-electron chi connectivity index (χ4n) is 3.08. The van der Waals surface area contributed by atoms with Crippen LogP contribution in [0.25, 0.3) is 10.9 Å². The van der Waals surface area contributed by atoms with Crippen molar-refractivity contribution in [1.82, 2.24) is 9.97 Å². The van der Waals surface area contributed by atoms with Crippen LogP contribution >= 0.6 is 11.8 Å². The van der Waals surface area contributed by atoms with Crippen LogP contribution in [0.1, 0.15) is 5.56 Å². The zero-order chi connectivity index (χ0) is 18.1. The first-order valence-electron chi connectivity index (χ1n) is 8.09. The van der Waals surface area contributed by atoms with Crippen LogP contribution in [0.15, 0.2) is 47.6 Å². The fraction of sp³-hybridized carbons (Fsp3) is 0.222. The maximum atomic E-state index is 11.1. The highest BCUT2D eigenvalue weighted by Crippen LogP contribution is 2.32. The summed E-state index contributed by atoms with van der Waals surface area (Å²) in [5.41, 5.74) is 1.72. The molecule has 0 fully saturated rings. The van der Waals surface area contributed by atoms with Gasteiger partial charge in [0.2, 0.25) is 0 Å². The Labute approximate surface area is 154 Å². The first-order chi connectivity index (χ1) is 12.7. The molecule has 0 unspecified atom stereocenters. The van der Waals surface area contributed by atoms with Crippen molar-refractivity contribution in [3.05, 3.63) is 58.4 Å². The number of thioether (sulfide) groups is 1. The van der Waals surface area contributed by atoms with E-state index < -0.39 is 0 Å². The molecular formula is C18H16N4O3S. The van der Waals surface area contributed by atoms with Gasteiger partial charge in [0.15, 0.2) is 0 Å². The standard InChI is InChI=1S/C18H16N4O3S/c1-26-14-3-4-16-15(9-14)18(20-11-19-16)21-6-7-25-17-5-2-13(22(23)24)8-12(17)10-21/h2-5,8-9,11H,6-7,10H2,1H3. The van der Waals surface area contributed by atoms with E-state index in [1.54, 1.807) is 30.2 Å². The number of hydrogen-bond donors (Lipinski definition) is 0. The molecular weight excluding hydrogens is 352 g/mol. The minimum Gasteiger partial charge on any atom is -0.491 e. The molecule has 132 valence electrons. The van der Waals surface area contributed by atoms with Gasteiger partial charge in [-0.15, -0.1) is 11.8 Å². The smallest absolute Gasteiger partial charge is 0.270 e. The van der Waals surface area contributed by atoms with Gasteiger partial charge in [0.25, 0.3) is 5.69 Å². The van der Waals surface area contributed by atoms with Gasteiger partial charge in [-0.05, 0) is 30.5 Å². The van der Waals surface area contributed by atoms with E-state index in [4.69, 9.17) is 4.74 Å². The van der Waals surface area contributed by atoms with Crippen LogP contribution < -0.4 is 9.64 Å². The summed E-state index contributed by atoms with van der Waals surface area (Å²) < 4.78 is 5.78. The molecule has 0 saturated carbocycles. The van der Waals surface area contributed by atoms with E-state index in [-0.39, 0.29) is 10.6 Å². The molecule has 0 spiro atoms. The molecule has 0 aliphatic carbocycles. The van der Waals surface area contributed by atoms with Crippen LogP contribution in [0.3, 0.4) is 0 Å². The van der Waals surface area contributed by atoms with Crippen LogP contribution in [0, 0.1) is 10.1 Å². The van der Waals surface area contributed by atoms with E-state index in [1.165, 1.54) is 6.07 Å². The third-order valence-electron chi connectivity index (χ3n) is 4.36. The second-order valence-electron chi connectivity index (χ2n) is 5.90. The number of fused-ring (bicyclic) bond motifs is 2. The summed E-state index contributed by atoms with van der Waals surface area (Å²) in [6.45, 7) is 1.61. The minimum absolute atomic E-state index is 0.0615. The third-order valence-corrected chi connectivity index (χ3v) is 5.08. The molecule has 8 heteroatoms. The Hall–Kier alpha value is -2.87. The Balaban J connectivity index is 1.78. The largest absolute Gasteiger partial charge is 0.491 e. The molecule has 3 aromatic rings. The van der Waals surface area contributed by atoms with Gasteiger partial charge in [0.1, 0.15) is 24.5 Å². The molecule has 26 heavy (non-hydrogen) atoms. The first kappa shape index (κ1) is 16.6. The predicted molar refractivity (Wildman–Crippen MR) is 101 cm³/mol. The molecule has 0 saturated heterocycles. The van der Waals surface area contributed by atoms with Crippen molar-refractivity contribution < 1.29 is 9.66 Å². The lowest BCUT2D eigenvalue weighted by atomic mass is 10.1. The zero-order valence-electron chi connectivity index (χ0n) is 14.1. The van der Waals surface area contributed by atoms with Gasteiger partial charge in [-0.25, -0.2) is 9.97 Å². The number of hydrogen-bond acceptors (Lipinski definition) is 7. The number of anilines is 1. The Morgan fingerprint density at radius 3 is 2.92 bits per heavy atom. The van der Waals surface area contributed by atoms with E-state index in [9.17, 15) is 10.1 Å². The molecule has 2 aromatic carbocycles. The van der Waals surface area contributed by atoms with Gasteiger partial charge >= 0.3 is 0 Å². The highest BCUT2D eigenvalue weighted by atomic mass is 32.2. The highest BCUT2D eigenvalue weighted by molar-refractivity contribution is 7.98. The van der Waals surface area contributed by atoms with Gasteiger partial charge in [-0.1, -0.05) is 0 Å². The normalized spacial score (nSPS) is 13.8. The quantitative estimate of drug-likeness (QED) is 0.396. The molecule has 0 radical (unpaired) electrons. The van der Waals surface area contributed by atoms with Crippen molar-refractivity contribution in [3.63, 3.8) is 0 Å². The van der Waals surface area contributed by atoms with Crippen LogP contribution in [-0.2, 0) is 6.54 Å². The Morgan fingerprint density at radius 1 is 1.23 bits per heavy atom. The summed E-state index contributed by atoms with van der Waals surface area (Å²) in [7, 11) is 0. The van der Waals surface area contributed by atoms with Crippen molar-refractivity contribution in [3.8, 4) is 5.75 Å². The lowest BCUT2D eigenvalue weighted by Crippen LogP contribution is -2.26. The molecule has 7 nitrogen and oxygen atoms in total. The fourth-order valence-corrected chi connectivity index (χ4v) is 3.52. The van der Waals surface area contributed by atoms with Crippen LogP contribution in [0.5, 0.6) is 5.75 Å². The number of aromatic nitrogens is 2. The van der Waals surface area contributed by atoms with Crippen molar-refractivity contribution >= 4 is 34.2 Å². The molecule has 1 aliphatic heterocycles. The number of ether oxygens (including phenoxy) is 1. The van der Waals surface area contributed by atoms with Crippen molar-refractivity contribution in [2.75, 3.05) is 24.3 Å². The Morgan fingerprint density at radius 2 is 2.12 bits per heavy atom. The number of rotatable bonds is 3. The van der Waals surface area contributed by atoms with E-state index in [0.717, 1.165) is 27.2 Å². The number of non-ortho nitro benzene ring substituents is 1. The maximum absolute atomic E-state index is 11.1. The summed E-state index contributed by atoms with van der Waals surface area (Å²) in [6.07, 6.45) is 3.58. The minimum atomic E-state index is -0.389. The van der Waals surface area contributed by atoms with E-state index in [0.29, 0.717) is 25.4 Å². The topological polar surface area (TPSA) is 81.4 Å². The van der Waals surface area contributed by atoms with Gasteiger partial charge in [-0.2, -0.15) is 0 Å². The molecule has 1 aliphatic rings. The second-order valence-corrected chi connectivity index (χ2v) is 6.78. The summed E-state index contributed by atoms with van der Waals surface area (Å²) in [5.74, 6) is 1.50. The lowest BCUT2D eigenvalue weighted by Gasteiger charge is -2.22. The number of nitro benzene ring substituents is 1. The summed E-state index contributed by atoms with van der Waals surface area (Å²) >= 11 is 1.66. The molecule has 1 aromatic heterocycles. The summed E-state index contributed by atoms with van der Waals surface area (Å²) in [6, 6.07) is 10.8. The average Bonchev–Trinajstić information content (AvgIpc) is 2.88. The van der Waals surface area contributed by atoms with Crippen LogP contribution in [0.4, 0.5) is 11.5 Å². The maximum Gasteiger partial charge on any atom is 0.270 e. The molecule has 0 atom stereocenters. The van der Waals surface area contributed by atoms with Crippen molar-refractivity contribution in [2.45, 2.75) is 11.4 Å². The van der Waals surface area contributed by atoms with Gasteiger partial charge in [0, 0.05) is 34.5 Å². The molecule has 2 heterocycles. The SMILES string of the molecule is CSc1ccc2ncnc(N3CCOc4ccc([N+](=O)[O-])cc4C3)c2c1. The Kier molecular flexibility index (Phi) is 4.34. The molecule has 0 N–H and O–H groups in total. The summed E-state index contributed by atoms with van der Waals surface area (Å²) in [4.78, 5) is 22.8. The third kappa shape index (κ3) is 3.03. The molecule has 4 rings (SSSR count). The number of benzene rings is 2. The van der Waals surface area contributed by atoms with E-state index in [2.05, 4.69) is 20.9 Å². The summed E-state index contributed by atoms with van der Waals surface area (Å²) in [5, 5.41) is 12.1.